The minimum atomic E-state index is -0.657. The zero-order valence-corrected chi connectivity index (χ0v) is 16.7. The van der Waals surface area contributed by atoms with Gasteiger partial charge in [0, 0.05) is 32.7 Å². The molecular weight excluding hydrogens is 356 g/mol. The van der Waals surface area contributed by atoms with E-state index in [1.54, 1.807) is 26.3 Å². The predicted molar refractivity (Wildman–Crippen MR) is 105 cm³/mol. The van der Waals surface area contributed by atoms with Gasteiger partial charge < -0.3 is 20.1 Å². The lowest BCUT2D eigenvalue weighted by atomic mass is 9.63. The average molecular weight is 386 g/mol. The molecule has 1 saturated carbocycles. The molecule has 6 heteroatoms. The Morgan fingerprint density at radius 3 is 2.68 bits per heavy atom. The highest BCUT2D eigenvalue weighted by Crippen LogP contribution is 2.47. The van der Waals surface area contributed by atoms with Gasteiger partial charge in [-0.25, -0.2) is 0 Å². The van der Waals surface area contributed by atoms with Gasteiger partial charge in [-0.2, -0.15) is 0 Å². The number of ether oxygens (including phenoxy) is 1. The first-order valence-corrected chi connectivity index (χ1v) is 10.4. The van der Waals surface area contributed by atoms with Crippen molar-refractivity contribution in [3.8, 4) is 5.75 Å². The third-order valence-electron chi connectivity index (χ3n) is 7.17. The van der Waals surface area contributed by atoms with Gasteiger partial charge in [-0.05, 0) is 68.2 Å². The summed E-state index contributed by atoms with van der Waals surface area (Å²) >= 11 is 0. The standard InChI is InChI=1S/C22H30N2O4/c1-23-21(27)22-9-10-24(20(26)14-4-7-18(28-2)8-5-14)16(13-22)11-15-3-6-17(25)12-19(15)22/h3,6,12,14,16,18,25H,4-5,7-11,13H2,1-2H3,(H,23,27). The second kappa shape index (κ2) is 7.39. The normalized spacial score (nSPS) is 31.8. The summed E-state index contributed by atoms with van der Waals surface area (Å²) in [6, 6.07) is 5.36. The fraction of sp³-hybridized carbons (Fsp3) is 0.636. The molecular formula is C22H30N2O4. The van der Waals surface area contributed by atoms with Crippen LogP contribution in [0.1, 0.15) is 49.7 Å². The highest BCUT2D eigenvalue weighted by Gasteiger charge is 2.51. The van der Waals surface area contributed by atoms with Crippen LogP contribution in [0.25, 0.3) is 0 Å². The van der Waals surface area contributed by atoms with Crippen molar-refractivity contribution in [1.82, 2.24) is 10.2 Å². The number of phenols is 1. The second-order valence-electron chi connectivity index (χ2n) is 8.56. The molecule has 2 aliphatic carbocycles. The lowest BCUT2D eigenvalue weighted by Crippen LogP contribution is -2.60. The van der Waals surface area contributed by atoms with E-state index in [4.69, 9.17) is 4.74 Å². The lowest BCUT2D eigenvalue weighted by molar-refractivity contribution is -0.145. The number of hydrogen-bond donors (Lipinski definition) is 2. The molecule has 2 N–H and O–H groups in total. The second-order valence-corrected chi connectivity index (χ2v) is 8.56. The topological polar surface area (TPSA) is 78.9 Å². The molecule has 2 fully saturated rings. The van der Waals surface area contributed by atoms with Crippen LogP contribution in [0, 0.1) is 5.92 Å². The third kappa shape index (κ3) is 3.08. The van der Waals surface area contributed by atoms with Crippen molar-refractivity contribution < 1.29 is 19.4 Å². The number of nitrogens with zero attached hydrogens (tertiary/aromatic N) is 1. The highest BCUT2D eigenvalue weighted by atomic mass is 16.5. The number of aromatic hydroxyl groups is 1. The molecule has 1 aromatic rings. The summed E-state index contributed by atoms with van der Waals surface area (Å²) in [5.41, 5.74) is 1.34. The number of fused-ring (bicyclic) bond motifs is 4. The van der Waals surface area contributed by atoms with E-state index in [1.807, 2.05) is 11.0 Å². The molecule has 4 rings (SSSR count). The molecule has 1 aromatic carbocycles. The minimum Gasteiger partial charge on any atom is -0.508 e. The van der Waals surface area contributed by atoms with Crippen molar-refractivity contribution in [3.05, 3.63) is 29.3 Å². The van der Waals surface area contributed by atoms with E-state index < -0.39 is 5.41 Å². The Morgan fingerprint density at radius 2 is 2.00 bits per heavy atom. The van der Waals surface area contributed by atoms with Gasteiger partial charge in [0.25, 0.3) is 0 Å². The molecule has 1 aliphatic heterocycles. The Hall–Kier alpha value is -2.08. The number of nitrogens with one attached hydrogen (secondary N) is 1. The Bertz CT molecular complexity index is 772. The summed E-state index contributed by atoms with van der Waals surface area (Å²) in [5, 5.41) is 12.8. The first kappa shape index (κ1) is 19.2. The zero-order valence-electron chi connectivity index (χ0n) is 16.7. The molecule has 2 unspecified atom stereocenters. The smallest absolute Gasteiger partial charge is 0.230 e. The maximum absolute atomic E-state index is 13.3. The van der Waals surface area contributed by atoms with Crippen LogP contribution in [0.15, 0.2) is 18.2 Å². The van der Waals surface area contributed by atoms with Crippen molar-refractivity contribution in [2.75, 3.05) is 20.7 Å². The number of phenolic OH excluding ortho intramolecular Hbond substituents is 1. The molecule has 2 atom stereocenters. The summed E-state index contributed by atoms with van der Waals surface area (Å²) in [4.78, 5) is 28.2. The Balaban J connectivity index is 1.59. The number of rotatable bonds is 3. The third-order valence-corrected chi connectivity index (χ3v) is 7.17. The van der Waals surface area contributed by atoms with Gasteiger partial charge in [-0.1, -0.05) is 6.07 Å². The van der Waals surface area contributed by atoms with Gasteiger partial charge in [0.1, 0.15) is 5.75 Å². The fourth-order valence-corrected chi connectivity index (χ4v) is 5.62. The van der Waals surface area contributed by atoms with E-state index in [2.05, 4.69) is 5.32 Å². The SMILES string of the molecule is CNC(=O)C12CCN(C(=O)C3CCC(OC)CC3)C(Cc3ccc(O)cc31)C2. The summed E-state index contributed by atoms with van der Waals surface area (Å²) in [5.74, 6) is 0.484. The Labute approximate surface area is 166 Å². The van der Waals surface area contributed by atoms with Gasteiger partial charge in [0.2, 0.25) is 11.8 Å². The fourth-order valence-electron chi connectivity index (χ4n) is 5.62. The number of methoxy groups -OCH3 is 1. The van der Waals surface area contributed by atoms with Crippen LogP contribution >= 0.6 is 0 Å². The zero-order chi connectivity index (χ0) is 19.9. The van der Waals surface area contributed by atoms with Crippen molar-refractivity contribution in [1.29, 1.82) is 0 Å². The predicted octanol–water partition coefficient (Wildman–Crippen LogP) is 2.13. The van der Waals surface area contributed by atoms with Gasteiger partial charge in [0.05, 0.1) is 11.5 Å². The largest absolute Gasteiger partial charge is 0.508 e. The van der Waals surface area contributed by atoms with Crippen LogP contribution in [-0.4, -0.2) is 54.7 Å². The Morgan fingerprint density at radius 1 is 1.25 bits per heavy atom. The van der Waals surface area contributed by atoms with Crippen molar-refractivity contribution in [3.63, 3.8) is 0 Å². The van der Waals surface area contributed by atoms with Gasteiger partial charge in [-0.3, -0.25) is 9.59 Å². The molecule has 28 heavy (non-hydrogen) atoms. The molecule has 1 saturated heterocycles. The summed E-state index contributed by atoms with van der Waals surface area (Å²) in [7, 11) is 3.40. The molecule has 1 heterocycles. The van der Waals surface area contributed by atoms with Crippen LogP contribution in [0.4, 0.5) is 0 Å². The molecule has 0 radical (unpaired) electrons. The Kier molecular flexibility index (Phi) is 5.08. The number of carbonyl (C=O) groups is 2. The quantitative estimate of drug-likeness (QED) is 0.834. The highest BCUT2D eigenvalue weighted by molar-refractivity contribution is 5.90. The van der Waals surface area contributed by atoms with E-state index in [-0.39, 0.29) is 35.6 Å². The maximum Gasteiger partial charge on any atom is 0.230 e. The van der Waals surface area contributed by atoms with Crippen molar-refractivity contribution in [2.24, 2.45) is 5.92 Å². The van der Waals surface area contributed by atoms with E-state index in [1.165, 1.54) is 0 Å². The first-order valence-electron chi connectivity index (χ1n) is 10.4. The molecule has 3 aliphatic rings. The molecule has 0 aromatic heterocycles. The number of amides is 2. The van der Waals surface area contributed by atoms with Gasteiger partial charge in [-0.15, -0.1) is 0 Å². The monoisotopic (exact) mass is 386 g/mol. The van der Waals surface area contributed by atoms with Crippen LogP contribution in [0.2, 0.25) is 0 Å². The number of likely N-dealkylation sites (tertiary alicyclic amines) is 1. The van der Waals surface area contributed by atoms with Crippen LogP contribution < -0.4 is 5.32 Å². The van der Waals surface area contributed by atoms with Gasteiger partial charge in [0.15, 0.2) is 0 Å². The number of benzene rings is 1. The average Bonchev–Trinajstić information content (AvgIpc) is 2.73. The lowest BCUT2D eigenvalue weighted by Gasteiger charge is -2.51. The van der Waals surface area contributed by atoms with E-state index >= 15 is 0 Å². The molecule has 6 nitrogen and oxygen atoms in total. The molecule has 2 bridgehead atoms. The number of carbonyl (C=O) groups excluding carboxylic acids is 2. The number of piperidine rings is 1. The van der Waals surface area contributed by atoms with E-state index in [0.29, 0.717) is 19.4 Å². The van der Waals surface area contributed by atoms with Crippen molar-refractivity contribution >= 4 is 11.8 Å². The van der Waals surface area contributed by atoms with E-state index in [0.717, 1.165) is 43.2 Å². The minimum absolute atomic E-state index is 0.0169. The summed E-state index contributed by atoms with van der Waals surface area (Å²) < 4.78 is 5.44. The molecule has 0 spiro atoms. The maximum atomic E-state index is 13.3. The first-order chi connectivity index (χ1) is 13.5. The van der Waals surface area contributed by atoms with Crippen molar-refractivity contribution in [2.45, 2.75) is 62.5 Å². The summed E-state index contributed by atoms with van der Waals surface area (Å²) in [6.45, 7) is 0.593. The van der Waals surface area contributed by atoms with Crippen LogP contribution in [0.3, 0.4) is 0 Å². The van der Waals surface area contributed by atoms with Crippen LogP contribution in [0.5, 0.6) is 5.75 Å². The number of hydrogen-bond acceptors (Lipinski definition) is 4. The molecule has 152 valence electrons. The van der Waals surface area contributed by atoms with Gasteiger partial charge >= 0.3 is 0 Å². The number of likely N-dealkylation sites (N-methyl/N-ethyl adjacent to an activating group) is 1. The van der Waals surface area contributed by atoms with E-state index in [9.17, 15) is 14.7 Å². The molecule has 2 amide bonds. The van der Waals surface area contributed by atoms with Crippen LogP contribution in [-0.2, 0) is 26.2 Å². The summed E-state index contributed by atoms with van der Waals surface area (Å²) in [6.07, 6.45) is 5.89.